The zero-order valence-electron chi connectivity index (χ0n) is 17.6. The molecule has 2 aromatic carbocycles. The van der Waals surface area contributed by atoms with Gasteiger partial charge in [-0.05, 0) is 23.3 Å². The van der Waals surface area contributed by atoms with Gasteiger partial charge < -0.3 is 14.2 Å². The fourth-order valence-corrected chi connectivity index (χ4v) is 4.89. The third-order valence-corrected chi connectivity index (χ3v) is 6.35. The molecule has 0 aromatic heterocycles. The van der Waals surface area contributed by atoms with E-state index in [-0.39, 0.29) is 11.3 Å². The molecule has 4 rings (SSSR count). The zero-order valence-corrected chi connectivity index (χ0v) is 17.6. The summed E-state index contributed by atoms with van der Waals surface area (Å²) in [5.74, 6) is -2.63. The van der Waals surface area contributed by atoms with Gasteiger partial charge >= 0.3 is 0 Å². The number of nitro benzene ring substituents is 1. The van der Waals surface area contributed by atoms with Gasteiger partial charge in [0, 0.05) is 19.1 Å². The second-order valence-corrected chi connectivity index (χ2v) is 7.95. The van der Waals surface area contributed by atoms with Crippen LogP contribution in [-0.4, -0.2) is 23.7 Å². The summed E-state index contributed by atoms with van der Waals surface area (Å²) in [6, 6.07) is 17.9. The number of nitriles is 3. The van der Waals surface area contributed by atoms with E-state index in [0.29, 0.717) is 11.3 Å². The average Bonchev–Trinajstić information content (AvgIpc) is 3.01. The van der Waals surface area contributed by atoms with E-state index in [1.165, 1.54) is 38.3 Å². The van der Waals surface area contributed by atoms with Crippen molar-refractivity contribution in [2.45, 2.75) is 24.7 Å². The van der Waals surface area contributed by atoms with Crippen LogP contribution in [0, 0.1) is 60.3 Å². The number of ether oxygens (including phenoxy) is 3. The SMILES string of the molecule is COc1ccc(C2C3(C)OC(=N)C2(C#N)C(C#N)(C#N)C(c2cccc([N+](=O)[O-])c2)O3)cc1. The lowest BCUT2D eigenvalue weighted by atomic mass is 9.52. The van der Waals surface area contributed by atoms with Gasteiger partial charge in [0.1, 0.15) is 11.9 Å². The highest BCUT2D eigenvalue weighted by molar-refractivity contribution is 5.90. The molecule has 10 heteroatoms. The highest BCUT2D eigenvalue weighted by Gasteiger charge is 2.79. The molecule has 0 amide bonds. The molecule has 2 heterocycles. The Hall–Kier alpha value is -4.46. The van der Waals surface area contributed by atoms with Crippen molar-refractivity contribution in [1.82, 2.24) is 0 Å². The number of nitro groups is 1. The van der Waals surface area contributed by atoms with Crippen LogP contribution in [0.1, 0.15) is 30.1 Å². The zero-order chi connectivity index (χ0) is 24.0. The summed E-state index contributed by atoms with van der Waals surface area (Å²) in [7, 11) is 1.50. The maximum absolute atomic E-state index is 11.3. The molecule has 164 valence electrons. The van der Waals surface area contributed by atoms with E-state index in [4.69, 9.17) is 19.6 Å². The lowest BCUT2D eigenvalue weighted by Crippen LogP contribution is -2.57. The van der Waals surface area contributed by atoms with E-state index < -0.39 is 39.5 Å². The van der Waals surface area contributed by atoms with Crippen molar-refractivity contribution in [2.24, 2.45) is 10.8 Å². The third kappa shape index (κ3) is 2.70. The number of non-ortho nitro benzene ring substituents is 1. The summed E-state index contributed by atoms with van der Waals surface area (Å²) in [5.41, 5.74) is -3.89. The number of benzene rings is 2. The van der Waals surface area contributed by atoms with Gasteiger partial charge in [-0.2, -0.15) is 15.8 Å². The topological polar surface area (TPSA) is 166 Å². The lowest BCUT2D eigenvalue weighted by Gasteiger charge is -2.48. The van der Waals surface area contributed by atoms with Crippen LogP contribution < -0.4 is 4.74 Å². The highest BCUT2D eigenvalue weighted by Crippen LogP contribution is 2.69. The number of hydrogen-bond donors (Lipinski definition) is 1. The van der Waals surface area contributed by atoms with Crippen molar-refractivity contribution in [3.63, 3.8) is 0 Å². The van der Waals surface area contributed by atoms with Gasteiger partial charge in [0.2, 0.25) is 17.1 Å². The van der Waals surface area contributed by atoms with Gasteiger partial charge in [-0.3, -0.25) is 15.5 Å². The fraction of sp³-hybridized carbons (Fsp3) is 0.304. The Kier molecular flexibility index (Phi) is 4.82. The van der Waals surface area contributed by atoms with Gasteiger partial charge in [0.15, 0.2) is 5.41 Å². The number of nitrogens with one attached hydrogen (secondary N) is 1. The summed E-state index contributed by atoms with van der Waals surface area (Å²) < 4.78 is 17.1. The summed E-state index contributed by atoms with van der Waals surface area (Å²) >= 11 is 0. The van der Waals surface area contributed by atoms with Crippen LogP contribution in [0.15, 0.2) is 48.5 Å². The molecule has 0 radical (unpaired) electrons. The number of methoxy groups -OCH3 is 1. The molecule has 4 unspecified atom stereocenters. The maximum atomic E-state index is 11.3. The van der Waals surface area contributed by atoms with Crippen molar-refractivity contribution >= 4 is 11.6 Å². The Morgan fingerprint density at radius 3 is 2.30 bits per heavy atom. The van der Waals surface area contributed by atoms with Crippen molar-refractivity contribution < 1.29 is 19.1 Å². The van der Waals surface area contributed by atoms with Gasteiger partial charge in [0.05, 0.1) is 36.2 Å². The van der Waals surface area contributed by atoms with Crippen LogP contribution in [0.25, 0.3) is 0 Å². The van der Waals surface area contributed by atoms with E-state index in [2.05, 4.69) is 6.07 Å². The normalized spacial score (nSPS) is 29.1. The summed E-state index contributed by atoms with van der Waals surface area (Å²) in [5, 5.41) is 50.9. The molecule has 2 bridgehead atoms. The first-order chi connectivity index (χ1) is 15.7. The highest BCUT2D eigenvalue weighted by atomic mass is 16.7. The van der Waals surface area contributed by atoms with Crippen LogP contribution >= 0.6 is 0 Å². The monoisotopic (exact) mass is 443 g/mol. The van der Waals surface area contributed by atoms with Crippen molar-refractivity contribution in [3.05, 3.63) is 69.8 Å². The molecule has 2 aliphatic rings. The van der Waals surface area contributed by atoms with Gasteiger partial charge in [0.25, 0.3) is 5.69 Å². The largest absolute Gasteiger partial charge is 0.497 e. The van der Waals surface area contributed by atoms with Crippen LogP contribution in [0.5, 0.6) is 5.75 Å². The average molecular weight is 443 g/mol. The molecule has 2 aromatic rings. The van der Waals surface area contributed by atoms with E-state index in [1.807, 2.05) is 12.1 Å². The van der Waals surface area contributed by atoms with Crippen LogP contribution in [0.4, 0.5) is 5.69 Å². The van der Waals surface area contributed by atoms with E-state index in [9.17, 15) is 25.9 Å². The Morgan fingerprint density at radius 2 is 1.76 bits per heavy atom. The molecular weight excluding hydrogens is 426 g/mol. The van der Waals surface area contributed by atoms with Crippen molar-refractivity contribution in [2.75, 3.05) is 7.11 Å². The summed E-state index contributed by atoms with van der Waals surface area (Å²) in [6.45, 7) is 1.53. The number of nitrogens with zero attached hydrogens (tertiary/aromatic N) is 4. The minimum Gasteiger partial charge on any atom is -0.497 e. The standard InChI is InChI=1S/C23H17N5O5/c1-21-18(14-6-8-17(31-2)9-7-14)23(13-26,20(27)33-21)22(11-24,12-25)19(32-21)15-4-3-5-16(10-15)28(29)30/h3-10,18-19,27H,1-2H3. The summed E-state index contributed by atoms with van der Waals surface area (Å²) in [6.07, 6.45) is -1.39. The maximum Gasteiger partial charge on any atom is 0.269 e. The molecule has 2 fully saturated rings. The Morgan fingerprint density at radius 1 is 1.09 bits per heavy atom. The van der Waals surface area contributed by atoms with Crippen molar-refractivity contribution in [1.29, 1.82) is 21.2 Å². The first-order valence-electron chi connectivity index (χ1n) is 9.81. The molecule has 0 spiro atoms. The lowest BCUT2D eigenvalue weighted by molar-refractivity contribution is -0.385. The predicted octanol–water partition coefficient (Wildman–Crippen LogP) is 3.73. The van der Waals surface area contributed by atoms with E-state index in [1.54, 1.807) is 24.3 Å². The molecule has 2 aliphatic heterocycles. The molecule has 33 heavy (non-hydrogen) atoms. The van der Waals surface area contributed by atoms with Gasteiger partial charge in [-0.25, -0.2) is 0 Å². The molecule has 0 aliphatic carbocycles. The minimum atomic E-state index is -2.24. The third-order valence-electron chi connectivity index (χ3n) is 6.35. The molecule has 10 nitrogen and oxygen atoms in total. The molecule has 4 atom stereocenters. The first kappa shape index (κ1) is 21.8. The summed E-state index contributed by atoms with van der Waals surface area (Å²) in [4.78, 5) is 10.7. The minimum absolute atomic E-state index is 0.157. The molecular formula is C23H17N5O5. The Balaban J connectivity index is 1.99. The number of rotatable bonds is 4. The van der Waals surface area contributed by atoms with Crippen LogP contribution in [-0.2, 0) is 9.47 Å². The second-order valence-electron chi connectivity index (χ2n) is 7.95. The quantitative estimate of drug-likeness (QED) is 0.551. The predicted molar refractivity (Wildman–Crippen MR) is 112 cm³/mol. The van der Waals surface area contributed by atoms with Crippen LogP contribution in [0.2, 0.25) is 0 Å². The smallest absolute Gasteiger partial charge is 0.269 e. The number of hydrogen-bond acceptors (Lipinski definition) is 9. The van der Waals surface area contributed by atoms with Gasteiger partial charge in [-0.15, -0.1) is 0 Å². The first-order valence-corrected chi connectivity index (χ1v) is 9.81. The van der Waals surface area contributed by atoms with E-state index in [0.717, 1.165) is 0 Å². The fourth-order valence-electron chi connectivity index (χ4n) is 4.89. The molecule has 1 N–H and O–H groups in total. The molecule has 2 saturated heterocycles. The van der Waals surface area contributed by atoms with E-state index >= 15 is 0 Å². The van der Waals surface area contributed by atoms with Crippen molar-refractivity contribution in [3.8, 4) is 24.0 Å². The Bertz CT molecular complexity index is 1270. The second kappa shape index (κ2) is 7.30. The number of fused-ring (bicyclic) bond motifs is 2. The molecule has 0 saturated carbocycles. The van der Waals surface area contributed by atoms with Crippen LogP contribution in [0.3, 0.4) is 0 Å². The van der Waals surface area contributed by atoms with Gasteiger partial charge in [-0.1, -0.05) is 24.3 Å². The Labute approximate surface area is 188 Å².